The van der Waals surface area contributed by atoms with Crippen LogP contribution < -0.4 is 4.74 Å². The summed E-state index contributed by atoms with van der Waals surface area (Å²) in [5.41, 5.74) is 2.43. The molecule has 0 aliphatic carbocycles. The van der Waals surface area contributed by atoms with E-state index in [0.717, 1.165) is 12.0 Å². The number of hydrogen-bond donors (Lipinski definition) is 0. The van der Waals surface area contributed by atoms with Crippen molar-refractivity contribution in [2.24, 2.45) is 0 Å². The highest BCUT2D eigenvalue weighted by Crippen LogP contribution is 2.43. The molecule has 2 heterocycles. The fourth-order valence-electron chi connectivity index (χ4n) is 2.88. The minimum Gasteiger partial charge on any atom is -0.484 e. The number of hydrogen-bond acceptors (Lipinski definition) is 2. The van der Waals surface area contributed by atoms with Crippen molar-refractivity contribution in [1.29, 1.82) is 0 Å². The van der Waals surface area contributed by atoms with Gasteiger partial charge in [0.2, 0.25) is 0 Å². The summed E-state index contributed by atoms with van der Waals surface area (Å²) < 4.78 is 41.1. The van der Waals surface area contributed by atoms with Crippen LogP contribution in [0, 0.1) is 0 Å². The first kappa shape index (κ1) is 14.8. The van der Waals surface area contributed by atoms with Crippen molar-refractivity contribution < 1.29 is 17.9 Å². The molecule has 0 aromatic heterocycles. The Morgan fingerprint density at radius 3 is 2.57 bits per heavy atom. The summed E-state index contributed by atoms with van der Waals surface area (Å²) in [6, 6.07) is 6.98. The van der Waals surface area contributed by atoms with Crippen molar-refractivity contribution in [3.05, 3.63) is 35.9 Å². The summed E-state index contributed by atoms with van der Waals surface area (Å²) in [7, 11) is 0. The SMILES string of the molecule is FC(F)(F)COc1ccc(C2=CC3CCCC(C2)S3)cc1. The normalized spacial score (nSPS) is 25.4. The van der Waals surface area contributed by atoms with E-state index in [1.807, 2.05) is 12.1 Å². The number of benzene rings is 1. The molecule has 1 fully saturated rings. The third kappa shape index (κ3) is 3.96. The molecule has 0 N–H and O–H groups in total. The summed E-state index contributed by atoms with van der Waals surface area (Å²) >= 11 is 2.06. The van der Waals surface area contributed by atoms with E-state index >= 15 is 0 Å². The van der Waals surface area contributed by atoms with Gasteiger partial charge in [0.15, 0.2) is 6.61 Å². The smallest absolute Gasteiger partial charge is 0.422 e. The van der Waals surface area contributed by atoms with Gasteiger partial charge in [-0.25, -0.2) is 0 Å². The van der Waals surface area contributed by atoms with Crippen molar-refractivity contribution in [3.63, 3.8) is 0 Å². The van der Waals surface area contributed by atoms with Gasteiger partial charge in [-0.05, 0) is 42.5 Å². The van der Waals surface area contributed by atoms with E-state index in [-0.39, 0.29) is 5.75 Å². The molecule has 2 bridgehead atoms. The van der Waals surface area contributed by atoms with Crippen molar-refractivity contribution in [1.82, 2.24) is 0 Å². The molecule has 2 aliphatic heterocycles. The zero-order valence-corrected chi connectivity index (χ0v) is 12.3. The average Bonchev–Trinajstić information content (AvgIpc) is 2.44. The summed E-state index contributed by atoms with van der Waals surface area (Å²) in [6.07, 6.45) is 2.90. The lowest BCUT2D eigenvalue weighted by atomic mass is 9.93. The molecule has 2 unspecified atom stereocenters. The average molecular weight is 314 g/mol. The molecule has 1 saturated heterocycles. The number of alkyl halides is 3. The molecule has 0 saturated carbocycles. The molecule has 2 atom stereocenters. The summed E-state index contributed by atoms with van der Waals surface area (Å²) in [6.45, 7) is -1.24. The molecule has 1 aromatic carbocycles. The number of halogens is 3. The van der Waals surface area contributed by atoms with E-state index in [2.05, 4.69) is 17.8 Å². The van der Waals surface area contributed by atoms with Crippen LogP contribution in [-0.4, -0.2) is 23.3 Å². The minimum atomic E-state index is -4.29. The Hall–Kier alpha value is -1.10. The lowest BCUT2D eigenvalue weighted by molar-refractivity contribution is -0.153. The van der Waals surface area contributed by atoms with E-state index in [1.165, 1.54) is 24.8 Å². The first-order chi connectivity index (χ1) is 9.99. The van der Waals surface area contributed by atoms with Crippen LogP contribution in [-0.2, 0) is 0 Å². The summed E-state index contributed by atoms with van der Waals surface area (Å²) in [5.74, 6) is 0.266. The summed E-state index contributed by atoms with van der Waals surface area (Å²) in [4.78, 5) is 0. The quantitative estimate of drug-likeness (QED) is 0.770. The maximum atomic E-state index is 12.1. The second kappa shape index (κ2) is 5.95. The van der Waals surface area contributed by atoms with Crippen LogP contribution >= 0.6 is 11.8 Å². The maximum Gasteiger partial charge on any atom is 0.422 e. The van der Waals surface area contributed by atoms with E-state index in [9.17, 15) is 13.2 Å². The van der Waals surface area contributed by atoms with Gasteiger partial charge < -0.3 is 4.74 Å². The topological polar surface area (TPSA) is 9.23 Å². The second-order valence-corrected chi connectivity index (χ2v) is 7.10. The number of fused-ring (bicyclic) bond motifs is 2. The molecule has 0 radical (unpaired) electrons. The van der Waals surface area contributed by atoms with Crippen molar-refractivity contribution in [2.45, 2.75) is 42.4 Å². The Morgan fingerprint density at radius 1 is 1.14 bits per heavy atom. The van der Waals surface area contributed by atoms with E-state index in [1.54, 1.807) is 12.1 Å². The van der Waals surface area contributed by atoms with Crippen molar-refractivity contribution >= 4 is 17.3 Å². The van der Waals surface area contributed by atoms with E-state index < -0.39 is 12.8 Å². The molecule has 2 aliphatic rings. The monoisotopic (exact) mass is 314 g/mol. The van der Waals surface area contributed by atoms with Gasteiger partial charge in [0, 0.05) is 10.5 Å². The van der Waals surface area contributed by atoms with Crippen molar-refractivity contribution in [3.8, 4) is 5.75 Å². The highest BCUT2D eigenvalue weighted by atomic mass is 32.2. The van der Waals surface area contributed by atoms with Crippen molar-refractivity contribution in [2.75, 3.05) is 6.61 Å². The molecule has 114 valence electrons. The van der Waals surface area contributed by atoms with Gasteiger partial charge in [-0.1, -0.05) is 24.6 Å². The molecular weight excluding hydrogens is 297 g/mol. The molecule has 21 heavy (non-hydrogen) atoms. The fraction of sp³-hybridized carbons (Fsp3) is 0.500. The molecule has 0 amide bonds. The highest BCUT2D eigenvalue weighted by molar-refractivity contribution is 8.00. The largest absolute Gasteiger partial charge is 0.484 e. The Bertz CT molecular complexity index is 521. The van der Waals surface area contributed by atoms with Gasteiger partial charge in [-0.15, -0.1) is 0 Å². The minimum absolute atomic E-state index is 0.266. The van der Waals surface area contributed by atoms with Gasteiger partial charge in [-0.2, -0.15) is 24.9 Å². The molecular formula is C16H17F3OS. The Labute approximate surface area is 126 Å². The third-order valence-corrected chi connectivity index (χ3v) is 5.35. The number of thioether (sulfide) groups is 1. The second-order valence-electron chi connectivity index (χ2n) is 5.55. The number of allylic oxidation sites excluding steroid dienone is 1. The van der Waals surface area contributed by atoms with E-state index in [0.29, 0.717) is 10.5 Å². The highest BCUT2D eigenvalue weighted by Gasteiger charge is 2.29. The molecule has 3 rings (SSSR count). The van der Waals surface area contributed by atoms with Gasteiger partial charge in [0.1, 0.15) is 5.75 Å². The molecule has 1 aromatic rings. The fourth-order valence-corrected chi connectivity index (χ4v) is 4.50. The Morgan fingerprint density at radius 2 is 1.90 bits per heavy atom. The Balaban J connectivity index is 1.68. The van der Waals surface area contributed by atoms with Gasteiger partial charge in [0.25, 0.3) is 0 Å². The van der Waals surface area contributed by atoms with Crippen LogP contribution in [0.25, 0.3) is 5.57 Å². The number of rotatable bonds is 3. The zero-order valence-electron chi connectivity index (χ0n) is 11.5. The lowest BCUT2D eigenvalue weighted by Crippen LogP contribution is -2.21. The van der Waals surface area contributed by atoms with Gasteiger partial charge in [0.05, 0.1) is 0 Å². The van der Waals surface area contributed by atoms with Crippen LogP contribution in [0.1, 0.15) is 31.2 Å². The van der Waals surface area contributed by atoms with Crippen LogP contribution in [0.15, 0.2) is 30.3 Å². The first-order valence-corrected chi connectivity index (χ1v) is 8.10. The predicted octanol–water partition coefficient (Wildman–Crippen LogP) is 5.07. The molecule has 1 nitrogen and oxygen atoms in total. The Kier molecular flexibility index (Phi) is 4.20. The molecule has 0 spiro atoms. The van der Waals surface area contributed by atoms with Crippen LogP contribution in [0.4, 0.5) is 13.2 Å². The lowest BCUT2D eigenvalue weighted by Gasteiger charge is -2.33. The third-order valence-electron chi connectivity index (χ3n) is 3.84. The summed E-state index contributed by atoms with van der Waals surface area (Å²) in [5, 5.41) is 1.30. The zero-order chi connectivity index (χ0) is 14.9. The molecule has 5 heteroatoms. The van der Waals surface area contributed by atoms with Crippen LogP contribution in [0.3, 0.4) is 0 Å². The van der Waals surface area contributed by atoms with Gasteiger partial charge >= 0.3 is 6.18 Å². The standard InChI is InChI=1S/C16H17F3OS/c17-16(18,19)10-20-13-6-4-11(5-7-13)12-8-14-2-1-3-15(9-12)21-14/h4-8,14-15H,1-3,9-10H2. The number of ether oxygens (including phenoxy) is 1. The van der Waals surface area contributed by atoms with Gasteiger partial charge in [-0.3, -0.25) is 0 Å². The van der Waals surface area contributed by atoms with Crippen LogP contribution in [0.2, 0.25) is 0 Å². The van der Waals surface area contributed by atoms with Crippen LogP contribution in [0.5, 0.6) is 5.75 Å². The first-order valence-electron chi connectivity index (χ1n) is 7.16. The maximum absolute atomic E-state index is 12.1. The predicted molar refractivity (Wildman–Crippen MR) is 79.6 cm³/mol. The van der Waals surface area contributed by atoms with E-state index in [4.69, 9.17) is 4.74 Å².